The van der Waals surface area contributed by atoms with E-state index in [9.17, 15) is 0 Å². The van der Waals surface area contributed by atoms with E-state index < -0.39 is 0 Å². The standard InChI is InChI=1S/C13H17BrN2OS/c1-3-9-6-7-18-13(15-9)16-10-4-5-12(17-2)11(14)8-10/h4-5,8-9H,3,6-7H2,1-2H3,(H,15,16). The fourth-order valence-corrected chi connectivity index (χ4v) is 3.33. The molecule has 0 saturated carbocycles. The molecule has 1 aromatic rings. The number of amidine groups is 1. The number of ether oxygens (including phenoxy) is 1. The van der Waals surface area contributed by atoms with Gasteiger partial charge in [-0.2, -0.15) is 0 Å². The molecule has 0 bridgehead atoms. The maximum absolute atomic E-state index is 5.21. The summed E-state index contributed by atoms with van der Waals surface area (Å²) < 4.78 is 6.16. The van der Waals surface area contributed by atoms with Crippen LogP contribution in [0.1, 0.15) is 19.8 Å². The SMILES string of the molecule is CCC1CCSC(Nc2ccc(OC)c(Br)c2)=N1. The first-order valence-electron chi connectivity index (χ1n) is 6.04. The normalized spacial score (nSPS) is 19.3. The van der Waals surface area contributed by atoms with Crippen molar-refractivity contribution in [2.45, 2.75) is 25.8 Å². The van der Waals surface area contributed by atoms with E-state index in [1.807, 2.05) is 18.2 Å². The topological polar surface area (TPSA) is 33.6 Å². The van der Waals surface area contributed by atoms with Crippen molar-refractivity contribution in [1.82, 2.24) is 0 Å². The molecule has 1 aliphatic rings. The van der Waals surface area contributed by atoms with Crippen LogP contribution in [0.2, 0.25) is 0 Å². The molecule has 1 heterocycles. The molecule has 0 amide bonds. The summed E-state index contributed by atoms with van der Waals surface area (Å²) in [4.78, 5) is 4.69. The Morgan fingerprint density at radius 2 is 2.39 bits per heavy atom. The summed E-state index contributed by atoms with van der Waals surface area (Å²) in [7, 11) is 1.67. The highest BCUT2D eigenvalue weighted by atomic mass is 79.9. The molecule has 0 saturated heterocycles. The van der Waals surface area contributed by atoms with Crippen LogP contribution in [0.4, 0.5) is 5.69 Å². The van der Waals surface area contributed by atoms with Crippen LogP contribution >= 0.6 is 27.7 Å². The quantitative estimate of drug-likeness (QED) is 0.905. The summed E-state index contributed by atoms with van der Waals surface area (Å²) in [5.74, 6) is 1.98. The van der Waals surface area contributed by atoms with Gasteiger partial charge >= 0.3 is 0 Å². The first-order valence-corrected chi connectivity index (χ1v) is 7.82. The summed E-state index contributed by atoms with van der Waals surface area (Å²) in [5, 5.41) is 4.38. The minimum absolute atomic E-state index is 0.468. The first-order chi connectivity index (χ1) is 8.72. The summed E-state index contributed by atoms with van der Waals surface area (Å²) in [5.41, 5.74) is 1.03. The number of halogens is 1. The zero-order chi connectivity index (χ0) is 13.0. The molecule has 98 valence electrons. The lowest BCUT2D eigenvalue weighted by atomic mass is 10.2. The molecule has 3 nitrogen and oxygen atoms in total. The van der Waals surface area contributed by atoms with E-state index in [4.69, 9.17) is 4.74 Å². The van der Waals surface area contributed by atoms with E-state index in [0.29, 0.717) is 6.04 Å². The van der Waals surface area contributed by atoms with Crippen molar-refractivity contribution >= 4 is 38.5 Å². The van der Waals surface area contributed by atoms with Crippen molar-refractivity contribution in [3.63, 3.8) is 0 Å². The lowest BCUT2D eigenvalue weighted by molar-refractivity contribution is 0.412. The van der Waals surface area contributed by atoms with Gasteiger partial charge in [0, 0.05) is 11.4 Å². The Bertz CT molecular complexity index is 451. The highest BCUT2D eigenvalue weighted by molar-refractivity contribution is 9.10. The van der Waals surface area contributed by atoms with Crippen LogP contribution in [-0.2, 0) is 0 Å². The fraction of sp³-hybridized carbons (Fsp3) is 0.462. The predicted molar refractivity (Wildman–Crippen MR) is 82.9 cm³/mol. The molecule has 1 N–H and O–H groups in total. The molecule has 2 rings (SSSR count). The number of aliphatic imine (C=N–C) groups is 1. The van der Waals surface area contributed by atoms with Crippen molar-refractivity contribution in [2.75, 3.05) is 18.2 Å². The number of anilines is 1. The van der Waals surface area contributed by atoms with Crippen LogP contribution in [-0.4, -0.2) is 24.1 Å². The van der Waals surface area contributed by atoms with Gasteiger partial charge in [0.1, 0.15) is 5.75 Å². The molecule has 1 atom stereocenters. The minimum Gasteiger partial charge on any atom is -0.496 e. The Kier molecular flexibility index (Phi) is 4.95. The molecule has 1 unspecified atom stereocenters. The van der Waals surface area contributed by atoms with Crippen molar-refractivity contribution in [3.8, 4) is 5.75 Å². The van der Waals surface area contributed by atoms with Crippen LogP contribution in [0.15, 0.2) is 27.7 Å². The average molecular weight is 329 g/mol. The van der Waals surface area contributed by atoms with Gasteiger partial charge < -0.3 is 10.1 Å². The van der Waals surface area contributed by atoms with Crippen molar-refractivity contribution in [2.24, 2.45) is 4.99 Å². The first kappa shape index (κ1) is 13.7. The predicted octanol–water partition coefficient (Wildman–Crippen LogP) is 4.14. The van der Waals surface area contributed by atoms with Gasteiger partial charge in [-0.15, -0.1) is 0 Å². The molecule has 18 heavy (non-hydrogen) atoms. The lowest BCUT2D eigenvalue weighted by Crippen LogP contribution is -2.19. The smallest absolute Gasteiger partial charge is 0.161 e. The third-order valence-corrected chi connectivity index (χ3v) is 4.40. The average Bonchev–Trinajstić information content (AvgIpc) is 2.39. The summed E-state index contributed by atoms with van der Waals surface area (Å²) >= 11 is 5.27. The van der Waals surface area contributed by atoms with Crippen molar-refractivity contribution in [3.05, 3.63) is 22.7 Å². The number of hydrogen-bond donors (Lipinski definition) is 1. The Morgan fingerprint density at radius 1 is 1.56 bits per heavy atom. The van der Waals surface area contributed by atoms with Crippen LogP contribution in [0.5, 0.6) is 5.75 Å². The molecular weight excluding hydrogens is 312 g/mol. The third-order valence-electron chi connectivity index (χ3n) is 2.86. The highest BCUT2D eigenvalue weighted by Crippen LogP contribution is 2.29. The maximum atomic E-state index is 5.21. The molecule has 5 heteroatoms. The zero-order valence-electron chi connectivity index (χ0n) is 10.6. The second-order valence-electron chi connectivity index (χ2n) is 4.11. The van der Waals surface area contributed by atoms with Crippen LogP contribution < -0.4 is 10.1 Å². The largest absolute Gasteiger partial charge is 0.496 e. The molecule has 0 spiro atoms. The van der Waals surface area contributed by atoms with Gasteiger partial charge in [0.15, 0.2) is 5.17 Å². The minimum atomic E-state index is 0.468. The molecular formula is C13H17BrN2OS. The summed E-state index contributed by atoms with van der Waals surface area (Å²) in [6, 6.07) is 6.42. The van der Waals surface area contributed by atoms with Gasteiger partial charge in [-0.1, -0.05) is 18.7 Å². The number of methoxy groups -OCH3 is 1. The number of thioether (sulfide) groups is 1. The molecule has 0 fully saturated rings. The fourth-order valence-electron chi connectivity index (χ4n) is 1.79. The number of nitrogens with zero attached hydrogens (tertiary/aromatic N) is 1. The van der Waals surface area contributed by atoms with Gasteiger partial charge in [0.2, 0.25) is 0 Å². The van der Waals surface area contributed by atoms with E-state index in [1.165, 1.54) is 6.42 Å². The molecule has 0 radical (unpaired) electrons. The summed E-state index contributed by atoms with van der Waals surface area (Å²) in [6.45, 7) is 2.19. The Hall–Kier alpha value is -0.680. The Balaban J connectivity index is 2.09. The van der Waals surface area contributed by atoms with E-state index in [1.54, 1.807) is 18.9 Å². The second-order valence-corrected chi connectivity index (χ2v) is 6.05. The maximum Gasteiger partial charge on any atom is 0.161 e. The van der Waals surface area contributed by atoms with Crippen LogP contribution in [0.25, 0.3) is 0 Å². The van der Waals surface area contributed by atoms with Gasteiger partial charge in [0.05, 0.1) is 17.6 Å². The second kappa shape index (κ2) is 6.48. The highest BCUT2D eigenvalue weighted by Gasteiger charge is 2.14. The molecule has 1 aromatic carbocycles. The van der Waals surface area contributed by atoms with E-state index >= 15 is 0 Å². The Morgan fingerprint density at radius 3 is 3.06 bits per heavy atom. The monoisotopic (exact) mass is 328 g/mol. The van der Waals surface area contributed by atoms with E-state index in [2.05, 4.69) is 33.2 Å². The molecule has 0 aliphatic carbocycles. The Labute approximate surface area is 121 Å². The van der Waals surface area contributed by atoms with Gasteiger partial charge in [-0.25, -0.2) is 0 Å². The van der Waals surface area contributed by atoms with Crippen molar-refractivity contribution < 1.29 is 4.74 Å². The van der Waals surface area contributed by atoms with Crippen LogP contribution in [0, 0.1) is 0 Å². The molecule has 1 aliphatic heterocycles. The number of nitrogens with one attached hydrogen (secondary N) is 1. The van der Waals surface area contributed by atoms with Crippen molar-refractivity contribution in [1.29, 1.82) is 0 Å². The number of rotatable bonds is 3. The van der Waals surface area contributed by atoms with Gasteiger partial charge in [-0.05, 0) is 47.0 Å². The third kappa shape index (κ3) is 3.42. The van der Waals surface area contributed by atoms with Gasteiger partial charge in [-0.3, -0.25) is 4.99 Å². The molecule has 0 aromatic heterocycles. The number of benzene rings is 1. The summed E-state index contributed by atoms with van der Waals surface area (Å²) in [6.07, 6.45) is 2.29. The zero-order valence-corrected chi connectivity index (χ0v) is 13.0. The number of hydrogen-bond acceptors (Lipinski definition) is 4. The van der Waals surface area contributed by atoms with Crippen LogP contribution in [0.3, 0.4) is 0 Å². The van der Waals surface area contributed by atoms with E-state index in [-0.39, 0.29) is 0 Å². The van der Waals surface area contributed by atoms with E-state index in [0.717, 1.165) is 33.3 Å². The van der Waals surface area contributed by atoms with Gasteiger partial charge in [0.25, 0.3) is 0 Å². The lowest BCUT2D eigenvalue weighted by Gasteiger charge is -2.19.